The third-order valence-electron chi connectivity index (χ3n) is 2.73. The summed E-state index contributed by atoms with van der Waals surface area (Å²) < 4.78 is 0. The molecule has 0 aliphatic carbocycles. The van der Waals surface area contributed by atoms with Gasteiger partial charge in [0.05, 0.1) is 0 Å². The smallest absolute Gasteiger partial charge is 0.0229 e. The number of thioether (sulfide) groups is 4. The molecule has 3 rings (SSSR count). The Hall–Kier alpha value is 0.620. The van der Waals surface area contributed by atoms with Crippen LogP contribution in [0.15, 0.2) is 30.3 Å². The van der Waals surface area contributed by atoms with Gasteiger partial charge in [-0.1, -0.05) is 37.3 Å². The summed E-state index contributed by atoms with van der Waals surface area (Å²) in [6.45, 7) is 2.22. The van der Waals surface area contributed by atoms with Crippen molar-refractivity contribution in [3.8, 4) is 0 Å². The molecule has 2 saturated heterocycles. The summed E-state index contributed by atoms with van der Waals surface area (Å²) in [6.07, 6.45) is 0. The Morgan fingerprint density at radius 1 is 1.00 bits per heavy atom. The SMILES string of the molecule is CCSCC1CS1.c1ccc(CSCC2CS2)cc1. The van der Waals surface area contributed by atoms with Crippen molar-refractivity contribution in [2.75, 3.05) is 28.8 Å². The van der Waals surface area contributed by atoms with Crippen molar-refractivity contribution in [2.24, 2.45) is 0 Å². The molecule has 2 aliphatic heterocycles. The van der Waals surface area contributed by atoms with Crippen LogP contribution in [-0.4, -0.2) is 39.3 Å². The third kappa shape index (κ3) is 8.49. The van der Waals surface area contributed by atoms with E-state index in [1.807, 2.05) is 0 Å². The first-order chi connectivity index (χ1) is 9.38. The molecule has 2 unspecified atom stereocenters. The van der Waals surface area contributed by atoms with Gasteiger partial charge in [-0.15, -0.1) is 0 Å². The van der Waals surface area contributed by atoms with Crippen molar-refractivity contribution in [3.05, 3.63) is 35.9 Å². The van der Waals surface area contributed by atoms with Gasteiger partial charge in [0, 0.05) is 39.3 Å². The fraction of sp³-hybridized carbons (Fsp3) is 0.600. The van der Waals surface area contributed by atoms with Crippen molar-refractivity contribution in [1.82, 2.24) is 0 Å². The molecule has 2 fully saturated rings. The lowest BCUT2D eigenvalue weighted by Gasteiger charge is -1.98. The Bertz CT molecular complexity index is 333. The molecule has 0 saturated carbocycles. The zero-order chi connectivity index (χ0) is 13.3. The summed E-state index contributed by atoms with van der Waals surface area (Å²) in [7, 11) is 0. The first-order valence-corrected chi connectivity index (χ1v) is 11.2. The van der Waals surface area contributed by atoms with E-state index in [1.165, 1.54) is 40.1 Å². The van der Waals surface area contributed by atoms with Crippen LogP contribution in [0.1, 0.15) is 12.5 Å². The molecular formula is C15H22S4. The third-order valence-corrected chi connectivity index (χ3v) is 7.31. The van der Waals surface area contributed by atoms with Gasteiger partial charge in [0.25, 0.3) is 0 Å². The molecule has 2 aliphatic rings. The quantitative estimate of drug-likeness (QED) is 0.652. The topological polar surface area (TPSA) is 0 Å². The Morgan fingerprint density at radius 3 is 2.11 bits per heavy atom. The highest BCUT2D eigenvalue weighted by atomic mass is 32.2. The van der Waals surface area contributed by atoms with Gasteiger partial charge in [-0.25, -0.2) is 0 Å². The average molecular weight is 331 g/mol. The summed E-state index contributed by atoms with van der Waals surface area (Å²) in [5.41, 5.74) is 1.45. The van der Waals surface area contributed by atoms with Crippen LogP contribution >= 0.6 is 47.0 Å². The van der Waals surface area contributed by atoms with Gasteiger partial charge in [0.2, 0.25) is 0 Å². The normalized spacial score (nSPS) is 23.4. The van der Waals surface area contributed by atoms with Crippen LogP contribution in [0, 0.1) is 0 Å². The van der Waals surface area contributed by atoms with Gasteiger partial charge in [-0.05, 0) is 11.3 Å². The van der Waals surface area contributed by atoms with Gasteiger partial charge in [0.15, 0.2) is 0 Å². The lowest BCUT2D eigenvalue weighted by atomic mass is 10.2. The molecule has 0 spiro atoms. The average Bonchev–Trinajstić information content (AvgIpc) is 3.33. The van der Waals surface area contributed by atoms with Gasteiger partial charge in [-0.2, -0.15) is 47.0 Å². The van der Waals surface area contributed by atoms with E-state index >= 15 is 0 Å². The minimum absolute atomic E-state index is 0.971. The molecule has 1 aromatic rings. The number of hydrogen-bond acceptors (Lipinski definition) is 4. The van der Waals surface area contributed by atoms with Gasteiger partial charge in [-0.3, -0.25) is 0 Å². The molecule has 2 atom stereocenters. The fourth-order valence-corrected chi connectivity index (χ4v) is 5.16. The standard InChI is InChI=1S/C10H12S2.C5H10S2/c1-2-4-9(5-3-1)6-11-7-10-8-12-10;1-2-6-3-5-4-7-5/h1-5,10H,6-8H2;5H,2-4H2,1H3. The monoisotopic (exact) mass is 330 g/mol. The van der Waals surface area contributed by atoms with Crippen LogP contribution in [-0.2, 0) is 5.75 Å². The summed E-state index contributed by atoms with van der Waals surface area (Å²) >= 11 is 8.28. The summed E-state index contributed by atoms with van der Waals surface area (Å²) in [5.74, 6) is 8.00. The first-order valence-electron chi connectivity index (χ1n) is 6.81. The van der Waals surface area contributed by atoms with Crippen LogP contribution in [0.4, 0.5) is 0 Å². The second-order valence-corrected chi connectivity index (χ2v) is 9.59. The predicted molar refractivity (Wildman–Crippen MR) is 98.1 cm³/mol. The van der Waals surface area contributed by atoms with E-state index in [0.29, 0.717) is 0 Å². The Balaban J connectivity index is 0.000000163. The zero-order valence-corrected chi connectivity index (χ0v) is 14.7. The van der Waals surface area contributed by atoms with Crippen LogP contribution in [0.25, 0.3) is 0 Å². The molecule has 106 valence electrons. The van der Waals surface area contributed by atoms with E-state index < -0.39 is 0 Å². The lowest BCUT2D eigenvalue weighted by Crippen LogP contribution is -1.88. The number of hydrogen-bond donors (Lipinski definition) is 0. The summed E-state index contributed by atoms with van der Waals surface area (Å²) in [4.78, 5) is 0. The summed E-state index contributed by atoms with van der Waals surface area (Å²) in [5, 5.41) is 2.00. The highest BCUT2D eigenvalue weighted by Gasteiger charge is 2.21. The molecule has 1 aromatic carbocycles. The highest BCUT2D eigenvalue weighted by Crippen LogP contribution is 2.33. The minimum Gasteiger partial charge on any atom is -0.161 e. The molecule has 19 heavy (non-hydrogen) atoms. The van der Waals surface area contributed by atoms with Crippen molar-refractivity contribution in [3.63, 3.8) is 0 Å². The molecule has 0 aromatic heterocycles. The molecule has 4 heteroatoms. The van der Waals surface area contributed by atoms with E-state index in [1.54, 1.807) is 0 Å². The van der Waals surface area contributed by atoms with Crippen LogP contribution < -0.4 is 0 Å². The lowest BCUT2D eigenvalue weighted by molar-refractivity contribution is 1.26. The predicted octanol–water partition coefficient (Wildman–Crippen LogP) is 4.89. The van der Waals surface area contributed by atoms with Crippen molar-refractivity contribution >= 4 is 47.0 Å². The maximum Gasteiger partial charge on any atom is 0.0229 e. The van der Waals surface area contributed by atoms with E-state index in [-0.39, 0.29) is 0 Å². The van der Waals surface area contributed by atoms with Gasteiger partial charge < -0.3 is 0 Å². The van der Waals surface area contributed by atoms with Crippen molar-refractivity contribution < 1.29 is 0 Å². The van der Waals surface area contributed by atoms with Gasteiger partial charge in [0.1, 0.15) is 0 Å². The minimum atomic E-state index is 0.971. The van der Waals surface area contributed by atoms with Crippen LogP contribution in [0.5, 0.6) is 0 Å². The molecule has 2 heterocycles. The first kappa shape index (κ1) is 16.0. The van der Waals surface area contributed by atoms with E-state index in [0.717, 1.165) is 10.5 Å². The molecule has 0 N–H and O–H groups in total. The fourth-order valence-electron chi connectivity index (χ4n) is 1.46. The molecule has 0 radical (unpaired) electrons. The van der Waals surface area contributed by atoms with Gasteiger partial charge >= 0.3 is 0 Å². The maximum atomic E-state index is 2.22. The zero-order valence-electron chi connectivity index (χ0n) is 11.4. The second-order valence-electron chi connectivity index (χ2n) is 4.57. The van der Waals surface area contributed by atoms with E-state index in [2.05, 4.69) is 84.3 Å². The van der Waals surface area contributed by atoms with E-state index in [9.17, 15) is 0 Å². The maximum absolute atomic E-state index is 2.22. The number of rotatable bonds is 7. The molecule has 0 nitrogen and oxygen atoms in total. The number of benzene rings is 1. The van der Waals surface area contributed by atoms with Crippen molar-refractivity contribution in [1.29, 1.82) is 0 Å². The largest absolute Gasteiger partial charge is 0.161 e. The Labute approximate surface area is 134 Å². The highest BCUT2D eigenvalue weighted by molar-refractivity contribution is 8.09. The Kier molecular flexibility index (Phi) is 8.03. The Morgan fingerprint density at radius 2 is 1.58 bits per heavy atom. The van der Waals surface area contributed by atoms with E-state index in [4.69, 9.17) is 0 Å². The van der Waals surface area contributed by atoms with Crippen LogP contribution in [0.2, 0.25) is 0 Å². The molecule has 0 amide bonds. The van der Waals surface area contributed by atoms with Crippen molar-refractivity contribution in [2.45, 2.75) is 23.2 Å². The van der Waals surface area contributed by atoms with Crippen LogP contribution in [0.3, 0.4) is 0 Å². The molecular weight excluding hydrogens is 308 g/mol. The summed E-state index contributed by atoms with van der Waals surface area (Å²) in [6, 6.07) is 10.7. The second kappa shape index (κ2) is 9.54. The molecule has 0 bridgehead atoms.